The fourth-order valence-electron chi connectivity index (χ4n) is 0.744. The van der Waals surface area contributed by atoms with Gasteiger partial charge in [-0.1, -0.05) is 6.08 Å². The first kappa shape index (κ1) is 12.5. The van der Waals surface area contributed by atoms with Crippen molar-refractivity contribution in [3.05, 3.63) is 12.7 Å². The van der Waals surface area contributed by atoms with Gasteiger partial charge >= 0.3 is 0 Å². The minimum Gasteiger partial charge on any atom is -0.393 e. The summed E-state index contributed by atoms with van der Waals surface area (Å²) in [6.07, 6.45) is -0.266. The molecule has 2 nitrogen and oxygen atoms in total. The summed E-state index contributed by atoms with van der Waals surface area (Å²) < 4.78 is 29.9. The minimum atomic E-state index is -1.83. The highest BCUT2D eigenvalue weighted by atomic mass is 19.2. The summed E-state index contributed by atoms with van der Waals surface area (Å²) in [4.78, 5) is 0. The Labute approximate surface area is 77.2 Å². The van der Waals surface area contributed by atoms with Gasteiger partial charge in [-0.2, -0.15) is 0 Å². The van der Waals surface area contributed by atoms with Crippen LogP contribution in [0, 0.1) is 0 Å². The lowest BCUT2D eigenvalue weighted by atomic mass is 10.3. The van der Waals surface area contributed by atoms with E-state index in [-0.39, 0.29) is 6.61 Å². The molecule has 0 aromatic heterocycles. The average Bonchev–Trinajstić information content (AvgIpc) is 2.16. The van der Waals surface area contributed by atoms with Gasteiger partial charge in [0.2, 0.25) is 0 Å². The Kier molecular flexibility index (Phi) is 7.83. The summed E-state index contributed by atoms with van der Waals surface area (Å²) in [6.45, 7) is 2.82. The van der Waals surface area contributed by atoms with Gasteiger partial charge in [0.25, 0.3) is 0 Å². The number of aliphatic hydroxyl groups excluding tert-OH is 1. The predicted octanol–water partition coefficient (Wildman–Crippen LogP) is 1.64. The summed E-state index contributed by atoms with van der Waals surface area (Å²) >= 11 is 0. The van der Waals surface area contributed by atoms with Crippen LogP contribution in [0.25, 0.3) is 0 Å². The number of ether oxygens (including phenoxy) is 1. The molecule has 0 bridgehead atoms. The third-order valence-electron chi connectivity index (χ3n) is 1.54. The van der Waals surface area contributed by atoms with E-state index in [0.717, 1.165) is 12.8 Å². The van der Waals surface area contributed by atoms with Gasteiger partial charge < -0.3 is 9.84 Å². The van der Waals surface area contributed by atoms with E-state index in [4.69, 9.17) is 9.84 Å². The number of unbranched alkanes of at least 4 members (excludes halogenated alkanes) is 1. The Morgan fingerprint density at radius 1 is 1.38 bits per heavy atom. The van der Waals surface area contributed by atoms with E-state index in [1.165, 1.54) is 0 Å². The molecule has 2 unspecified atom stereocenters. The highest BCUT2D eigenvalue weighted by Crippen LogP contribution is 2.04. The molecule has 0 aromatic carbocycles. The lowest BCUT2D eigenvalue weighted by molar-refractivity contribution is 0.0212. The molecule has 1 N–H and O–H groups in total. The van der Waals surface area contributed by atoms with E-state index in [9.17, 15) is 8.78 Å². The standard InChI is InChI=1S/C9H16F2O2/c1-2-3-4-5-13-7-9(11)8(10)6-12/h2,8-9,12H,1,3-7H2. The van der Waals surface area contributed by atoms with Crippen molar-refractivity contribution in [2.24, 2.45) is 0 Å². The molecule has 13 heavy (non-hydrogen) atoms. The van der Waals surface area contributed by atoms with Gasteiger partial charge in [0, 0.05) is 6.61 Å². The largest absolute Gasteiger partial charge is 0.393 e. The lowest BCUT2D eigenvalue weighted by Crippen LogP contribution is -2.26. The molecule has 2 atom stereocenters. The van der Waals surface area contributed by atoms with Crippen molar-refractivity contribution >= 4 is 0 Å². The quantitative estimate of drug-likeness (QED) is 0.470. The number of hydrogen-bond acceptors (Lipinski definition) is 2. The first-order valence-corrected chi connectivity index (χ1v) is 4.30. The monoisotopic (exact) mass is 194 g/mol. The van der Waals surface area contributed by atoms with Crippen molar-refractivity contribution in [1.82, 2.24) is 0 Å². The van der Waals surface area contributed by atoms with Crippen molar-refractivity contribution in [3.8, 4) is 0 Å². The van der Waals surface area contributed by atoms with Crippen LogP contribution in [0.15, 0.2) is 12.7 Å². The zero-order chi connectivity index (χ0) is 10.1. The van der Waals surface area contributed by atoms with Crippen LogP contribution in [0.5, 0.6) is 0 Å². The average molecular weight is 194 g/mol. The second-order valence-corrected chi connectivity index (χ2v) is 2.72. The Morgan fingerprint density at radius 3 is 2.62 bits per heavy atom. The molecule has 0 aliphatic heterocycles. The van der Waals surface area contributed by atoms with Gasteiger partial charge in [-0.25, -0.2) is 8.78 Å². The van der Waals surface area contributed by atoms with Crippen molar-refractivity contribution < 1.29 is 18.6 Å². The van der Waals surface area contributed by atoms with Gasteiger partial charge in [0.1, 0.15) is 0 Å². The first-order valence-electron chi connectivity index (χ1n) is 4.30. The molecular formula is C9H16F2O2. The van der Waals surface area contributed by atoms with Gasteiger partial charge in [-0.3, -0.25) is 0 Å². The molecule has 0 rings (SSSR count). The minimum absolute atomic E-state index is 0.293. The summed E-state index contributed by atoms with van der Waals surface area (Å²) in [5, 5.41) is 8.26. The maximum absolute atomic E-state index is 12.6. The lowest BCUT2D eigenvalue weighted by Gasteiger charge is -2.11. The molecule has 0 spiro atoms. The summed E-state index contributed by atoms with van der Waals surface area (Å²) in [7, 11) is 0. The highest BCUT2D eigenvalue weighted by molar-refractivity contribution is 4.67. The molecule has 0 aliphatic carbocycles. The second-order valence-electron chi connectivity index (χ2n) is 2.72. The number of aliphatic hydroxyl groups is 1. The maximum Gasteiger partial charge on any atom is 0.157 e. The zero-order valence-corrected chi connectivity index (χ0v) is 7.59. The zero-order valence-electron chi connectivity index (χ0n) is 7.59. The van der Waals surface area contributed by atoms with Crippen LogP contribution in [0.3, 0.4) is 0 Å². The van der Waals surface area contributed by atoms with E-state index in [1.807, 2.05) is 0 Å². The van der Waals surface area contributed by atoms with E-state index in [0.29, 0.717) is 6.61 Å². The topological polar surface area (TPSA) is 29.5 Å². The highest BCUT2D eigenvalue weighted by Gasteiger charge is 2.18. The Hall–Kier alpha value is -0.480. The molecule has 0 heterocycles. The molecule has 0 amide bonds. The molecule has 0 saturated heterocycles. The fourth-order valence-corrected chi connectivity index (χ4v) is 0.744. The smallest absolute Gasteiger partial charge is 0.157 e. The van der Waals surface area contributed by atoms with Crippen molar-refractivity contribution in [2.75, 3.05) is 19.8 Å². The van der Waals surface area contributed by atoms with Crippen LogP contribution in [-0.2, 0) is 4.74 Å². The summed E-state index contributed by atoms with van der Waals surface area (Å²) in [6, 6.07) is 0. The molecule has 0 fully saturated rings. The number of allylic oxidation sites excluding steroid dienone is 1. The molecule has 0 aromatic rings. The Balaban J connectivity index is 3.26. The summed E-state index contributed by atoms with van der Waals surface area (Å²) in [5.74, 6) is 0. The predicted molar refractivity (Wildman–Crippen MR) is 47.1 cm³/mol. The molecule has 4 heteroatoms. The van der Waals surface area contributed by atoms with E-state index >= 15 is 0 Å². The van der Waals surface area contributed by atoms with Crippen LogP contribution >= 0.6 is 0 Å². The van der Waals surface area contributed by atoms with Crippen LogP contribution in [0.1, 0.15) is 12.8 Å². The van der Waals surface area contributed by atoms with E-state index in [1.54, 1.807) is 6.08 Å². The van der Waals surface area contributed by atoms with E-state index in [2.05, 4.69) is 6.58 Å². The molecule has 78 valence electrons. The first-order chi connectivity index (χ1) is 6.22. The van der Waals surface area contributed by atoms with Crippen LogP contribution < -0.4 is 0 Å². The molecular weight excluding hydrogens is 178 g/mol. The van der Waals surface area contributed by atoms with Crippen molar-refractivity contribution in [1.29, 1.82) is 0 Å². The number of alkyl halides is 2. The van der Waals surface area contributed by atoms with E-state index < -0.39 is 19.0 Å². The van der Waals surface area contributed by atoms with Crippen LogP contribution in [0.2, 0.25) is 0 Å². The van der Waals surface area contributed by atoms with Crippen LogP contribution in [0.4, 0.5) is 8.78 Å². The number of rotatable bonds is 8. The second kappa shape index (κ2) is 8.13. The normalized spacial score (nSPS) is 15.3. The van der Waals surface area contributed by atoms with Gasteiger partial charge in [-0.15, -0.1) is 6.58 Å². The SMILES string of the molecule is C=CCCCOCC(F)C(F)CO. The number of hydrogen-bond donors (Lipinski definition) is 1. The van der Waals surface area contributed by atoms with Gasteiger partial charge in [0.05, 0.1) is 13.2 Å². The van der Waals surface area contributed by atoms with Gasteiger partial charge in [-0.05, 0) is 12.8 Å². The Bertz CT molecular complexity index is 131. The van der Waals surface area contributed by atoms with Gasteiger partial charge in [0.15, 0.2) is 12.3 Å². The Morgan fingerprint density at radius 2 is 2.08 bits per heavy atom. The molecule has 0 radical (unpaired) electrons. The van der Waals surface area contributed by atoms with Crippen molar-refractivity contribution in [3.63, 3.8) is 0 Å². The third-order valence-corrected chi connectivity index (χ3v) is 1.54. The third kappa shape index (κ3) is 6.66. The number of halogens is 2. The van der Waals surface area contributed by atoms with Crippen LogP contribution in [-0.4, -0.2) is 37.3 Å². The molecule has 0 saturated carbocycles. The maximum atomic E-state index is 12.6. The van der Waals surface area contributed by atoms with Crippen molar-refractivity contribution in [2.45, 2.75) is 25.2 Å². The fraction of sp³-hybridized carbons (Fsp3) is 0.778. The molecule has 0 aliphatic rings. The summed E-state index contributed by atoms with van der Waals surface area (Å²) in [5.41, 5.74) is 0.